The van der Waals surface area contributed by atoms with Crippen LogP contribution in [0.1, 0.15) is 0 Å². The minimum atomic E-state index is 0.881. The van der Waals surface area contributed by atoms with Crippen molar-refractivity contribution in [3.8, 4) is 45.3 Å². The van der Waals surface area contributed by atoms with Gasteiger partial charge in [0, 0.05) is 33.0 Å². The highest BCUT2D eigenvalue weighted by Crippen LogP contribution is 2.58. The second kappa shape index (κ2) is 6.44. The standard InChI is InChI=1S/C34H18O2/c1-3-9-21-17-29-25(15-19(21)7-1)31-23-11-5-6-12-24(23)32-26-16-20-8-2-4-10-22(20)18-30(26)36-28-14-13-27(35-29)33(31)34(28)32/h1-18H. The maximum atomic E-state index is 6.59. The fraction of sp³-hybridized carbons (Fsp3) is 0. The second-order valence-corrected chi connectivity index (χ2v) is 9.70. The van der Waals surface area contributed by atoms with Gasteiger partial charge in [-0.2, -0.15) is 0 Å². The summed E-state index contributed by atoms with van der Waals surface area (Å²) in [6, 6.07) is 38.7. The van der Waals surface area contributed by atoms with E-state index in [0.717, 1.165) is 44.9 Å². The normalized spacial score (nSPS) is 12.9. The highest BCUT2D eigenvalue weighted by Gasteiger charge is 2.31. The molecule has 0 atom stereocenters. The third kappa shape index (κ3) is 2.26. The molecule has 0 amide bonds. The Hall–Kier alpha value is -4.82. The van der Waals surface area contributed by atoms with Gasteiger partial charge in [0.05, 0.1) is 0 Å². The van der Waals surface area contributed by atoms with E-state index in [1.807, 2.05) is 0 Å². The molecule has 2 heterocycles. The quantitative estimate of drug-likeness (QED) is 0.211. The maximum absolute atomic E-state index is 6.59. The van der Waals surface area contributed by atoms with Crippen molar-refractivity contribution in [1.82, 2.24) is 0 Å². The number of rotatable bonds is 0. The summed E-state index contributed by atoms with van der Waals surface area (Å²) in [5.74, 6) is 3.56. The number of fused-ring (bicyclic) bond motifs is 9. The predicted octanol–water partition coefficient (Wildman–Crippen LogP) is 9.84. The van der Waals surface area contributed by atoms with Gasteiger partial charge in [-0.3, -0.25) is 0 Å². The Labute approximate surface area is 206 Å². The Morgan fingerprint density at radius 1 is 0.361 bits per heavy atom. The van der Waals surface area contributed by atoms with E-state index < -0.39 is 0 Å². The molecule has 2 aliphatic heterocycles. The van der Waals surface area contributed by atoms with Gasteiger partial charge >= 0.3 is 0 Å². The van der Waals surface area contributed by atoms with E-state index in [1.165, 1.54) is 43.4 Å². The van der Waals surface area contributed by atoms with Crippen LogP contribution >= 0.6 is 0 Å². The molecule has 0 aliphatic carbocycles. The highest BCUT2D eigenvalue weighted by atomic mass is 16.5. The topological polar surface area (TPSA) is 18.5 Å². The molecule has 0 fully saturated rings. The van der Waals surface area contributed by atoms with Crippen LogP contribution in [0.25, 0.3) is 65.3 Å². The average Bonchev–Trinajstić information content (AvgIpc) is 2.93. The van der Waals surface area contributed by atoms with Crippen LogP contribution in [0.4, 0.5) is 0 Å². The number of hydrogen-bond donors (Lipinski definition) is 0. The van der Waals surface area contributed by atoms with Gasteiger partial charge in [0.25, 0.3) is 0 Å². The van der Waals surface area contributed by atoms with Crippen molar-refractivity contribution in [2.45, 2.75) is 0 Å². The molecule has 2 heteroatoms. The van der Waals surface area contributed by atoms with E-state index in [2.05, 4.69) is 109 Å². The Bertz CT molecular complexity index is 1950. The van der Waals surface area contributed by atoms with Crippen LogP contribution in [0.3, 0.4) is 0 Å². The van der Waals surface area contributed by atoms with Gasteiger partial charge in [-0.15, -0.1) is 0 Å². The third-order valence-corrected chi connectivity index (χ3v) is 7.77. The molecule has 7 aromatic rings. The first-order chi connectivity index (χ1) is 17.8. The van der Waals surface area contributed by atoms with Gasteiger partial charge in [-0.25, -0.2) is 0 Å². The fourth-order valence-corrected chi connectivity index (χ4v) is 6.21. The summed E-state index contributed by atoms with van der Waals surface area (Å²) in [6.45, 7) is 0. The minimum absolute atomic E-state index is 0.881. The first kappa shape index (κ1) is 18.5. The Morgan fingerprint density at radius 2 is 0.750 bits per heavy atom. The van der Waals surface area contributed by atoms with Gasteiger partial charge in [-0.05, 0) is 68.7 Å². The highest BCUT2D eigenvalue weighted by molar-refractivity contribution is 6.27. The fourth-order valence-electron chi connectivity index (χ4n) is 6.21. The van der Waals surface area contributed by atoms with Crippen LogP contribution in [-0.2, 0) is 0 Å². The van der Waals surface area contributed by atoms with Crippen molar-refractivity contribution >= 4 is 43.1 Å². The lowest BCUT2D eigenvalue weighted by molar-refractivity contribution is 0.476. The molecule has 0 aromatic heterocycles. The lowest BCUT2D eigenvalue weighted by atomic mass is 9.82. The predicted molar refractivity (Wildman–Crippen MR) is 147 cm³/mol. The molecule has 9 rings (SSSR count). The van der Waals surface area contributed by atoms with Crippen molar-refractivity contribution in [3.63, 3.8) is 0 Å². The maximum Gasteiger partial charge on any atom is 0.136 e. The summed E-state index contributed by atoms with van der Waals surface area (Å²) in [6.07, 6.45) is 0. The van der Waals surface area contributed by atoms with E-state index in [1.54, 1.807) is 0 Å². The van der Waals surface area contributed by atoms with Crippen molar-refractivity contribution in [1.29, 1.82) is 0 Å². The van der Waals surface area contributed by atoms with E-state index in [9.17, 15) is 0 Å². The minimum Gasteiger partial charge on any atom is -0.456 e. The molecule has 0 bridgehead atoms. The summed E-state index contributed by atoms with van der Waals surface area (Å²) < 4.78 is 13.2. The van der Waals surface area contributed by atoms with Crippen LogP contribution in [-0.4, -0.2) is 0 Å². The van der Waals surface area contributed by atoms with Crippen LogP contribution in [0, 0.1) is 0 Å². The van der Waals surface area contributed by atoms with Gasteiger partial charge in [0.2, 0.25) is 0 Å². The van der Waals surface area contributed by atoms with Crippen molar-refractivity contribution in [2.24, 2.45) is 0 Å². The molecule has 0 saturated heterocycles. The SMILES string of the molecule is c1ccc2cc3c(cc2c1)Oc1ccc2c4c(c5ccccc5c-3c14)-c1cc3ccccc3cc1O2. The van der Waals surface area contributed by atoms with Crippen molar-refractivity contribution in [2.75, 3.05) is 0 Å². The molecule has 0 spiro atoms. The van der Waals surface area contributed by atoms with E-state index in [-0.39, 0.29) is 0 Å². The Morgan fingerprint density at radius 3 is 1.19 bits per heavy atom. The first-order valence-electron chi connectivity index (χ1n) is 12.3. The summed E-state index contributed by atoms with van der Waals surface area (Å²) in [7, 11) is 0. The molecule has 2 aliphatic rings. The van der Waals surface area contributed by atoms with Gasteiger partial charge in [0.1, 0.15) is 23.0 Å². The molecule has 166 valence electrons. The number of benzene rings is 7. The summed E-state index contributed by atoms with van der Waals surface area (Å²) >= 11 is 0. The van der Waals surface area contributed by atoms with E-state index in [4.69, 9.17) is 9.47 Å². The lowest BCUT2D eigenvalue weighted by Gasteiger charge is -2.29. The molecule has 0 saturated carbocycles. The smallest absolute Gasteiger partial charge is 0.136 e. The van der Waals surface area contributed by atoms with Gasteiger partial charge in [0.15, 0.2) is 0 Å². The monoisotopic (exact) mass is 458 g/mol. The lowest BCUT2D eigenvalue weighted by Crippen LogP contribution is -2.04. The van der Waals surface area contributed by atoms with E-state index >= 15 is 0 Å². The summed E-state index contributed by atoms with van der Waals surface area (Å²) in [5, 5.41) is 9.50. The third-order valence-electron chi connectivity index (χ3n) is 7.77. The van der Waals surface area contributed by atoms with Gasteiger partial charge in [-0.1, -0.05) is 72.8 Å². The van der Waals surface area contributed by atoms with Crippen LogP contribution < -0.4 is 9.47 Å². The largest absolute Gasteiger partial charge is 0.456 e. The molecule has 0 unspecified atom stereocenters. The summed E-state index contributed by atoms with van der Waals surface area (Å²) in [4.78, 5) is 0. The summed E-state index contributed by atoms with van der Waals surface area (Å²) in [5.41, 5.74) is 4.71. The molecule has 7 aromatic carbocycles. The van der Waals surface area contributed by atoms with Crippen molar-refractivity contribution in [3.05, 3.63) is 109 Å². The first-order valence-corrected chi connectivity index (χ1v) is 12.3. The number of ether oxygens (including phenoxy) is 2. The van der Waals surface area contributed by atoms with E-state index in [0.29, 0.717) is 0 Å². The average molecular weight is 459 g/mol. The van der Waals surface area contributed by atoms with Crippen molar-refractivity contribution < 1.29 is 9.47 Å². The molecule has 36 heavy (non-hydrogen) atoms. The molecule has 2 nitrogen and oxygen atoms in total. The van der Waals surface area contributed by atoms with Gasteiger partial charge < -0.3 is 9.47 Å². The Kier molecular flexibility index (Phi) is 3.31. The second-order valence-electron chi connectivity index (χ2n) is 9.70. The zero-order valence-electron chi connectivity index (χ0n) is 19.2. The Balaban J connectivity index is 1.50. The van der Waals surface area contributed by atoms with Crippen LogP contribution in [0.5, 0.6) is 23.0 Å². The van der Waals surface area contributed by atoms with Crippen LogP contribution in [0.2, 0.25) is 0 Å². The molecular weight excluding hydrogens is 440 g/mol. The van der Waals surface area contributed by atoms with Crippen LogP contribution in [0.15, 0.2) is 109 Å². The number of hydrogen-bond acceptors (Lipinski definition) is 2. The zero-order valence-corrected chi connectivity index (χ0v) is 19.2. The molecule has 0 N–H and O–H groups in total. The molecular formula is C34H18O2. The molecule has 0 radical (unpaired) electrons. The zero-order chi connectivity index (χ0) is 23.4.